The van der Waals surface area contributed by atoms with E-state index in [1.807, 2.05) is 24.3 Å². The van der Waals surface area contributed by atoms with Crippen LogP contribution in [0.2, 0.25) is 10.0 Å². The van der Waals surface area contributed by atoms with Crippen molar-refractivity contribution in [1.82, 2.24) is 5.32 Å². The van der Waals surface area contributed by atoms with E-state index in [2.05, 4.69) is 5.32 Å². The van der Waals surface area contributed by atoms with Crippen molar-refractivity contribution in [3.05, 3.63) is 63.6 Å². The Balaban J connectivity index is 1.79. The van der Waals surface area contributed by atoms with Crippen LogP contribution in [0.15, 0.2) is 42.5 Å². The number of carbonyl (C=O) groups excluding carboxylic acids is 2. The van der Waals surface area contributed by atoms with E-state index in [-0.39, 0.29) is 10.6 Å². The van der Waals surface area contributed by atoms with Crippen molar-refractivity contribution in [3.8, 4) is 0 Å². The zero-order chi connectivity index (χ0) is 16.4. The molecule has 0 bridgehead atoms. The quantitative estimate of drug-likeness (QED) is 0.835. The zero-order valence-electron chi connectivity index (χ0n) is 12.2. The summed E-state index contributed by atoms with van der Waals surface area (Å²) in [6, 6.07) is 11.8. The van der Waals surface area contributed by atoms with E-state index in [1.165, 1.54) is 12.1 Å². The molecule has 2 aromatic rings. The zero-order valence-corrected chi connectivity index (χ0v) is 13.7. The number of anilines is 1. The van der Waals surface area contributed by atoms with Gasteiger partial charge in [-0.1, -0.05) is 41.4 Å². The Hall–Kier alpha value is -2.04. The maximum atomic E-state index is 12.4. The summed E-state index contributed by atoms with van der Waals surface area (Å²) in [6.07, 6.45) is 1.79. The normalized spacial score (nSPS) is 13.4. The number of halogens is 2. The molecular formula is C17H14Cl2N2O2. The number of imide groups is 1. The molecule has 2 aromatic carbocycles. The number of benzene rings is 2. The number of fused-ring (bicyclic) bond motifs is 1. The second-order valence-corrected chi connectivity index (χ2v) is 6.11. The Labute approximate surface area is 144 Å². The molecule has 0 unspecified atom stereocenters. The van der Waals surface area contributed by atoms with E-state index < -0.39 is 11.9 Å². The van der Waals surface area contributed by atoms with E-state index >= 15 is 0 Å². The van der Waals surface area contributed by atoms with Gasteiger partial charge in [0.15, 0.2) is 0 Å². The van der Waals surface area contributed by atoms with Gasteiger partial charge in [-0.3, -0.25) is 15.0 Å². The summed E-state index contributed by atoms with van der Waals surface area (Å²) in [6.45, 7) is 0.574. The van der Waals surface area contributed by atoms with Gasteiger partial charge >= 0.3 is 6.03 Å². The van der Waals surface area contributed by atoms with Crippen LogP contribution in [0.5, 0.6) is 0 Å². The van der Waals surface area contributed by atoms with Crippen LogP contribution in [0, 0.1) is 0 Å². The lowest BCUT2D eigenvalue weighted by molar-refractivity contribution is 0.0965. The molecule has 0 radical (unpaired) electrons. The molecule has 118 valence electrons. The van der Waals surface area contributed by atoms with Gasteiger partial charge in [-0.05, 0) is 42.7 Å². The molecular weight excluding hydrogens is 335 g/mol. The Bertz CT molecular complexity index is 777. The molecule has 0 aromatic heterocycles. The van der Waals surface area contributed by atoms with Gasteiger partial charge in [0.2, 0.25) is 0 Å². The summed E-state index contributed by atoms with van der Waals surface area (Å²) in [5.41, 5.74) is 2.16. The Morgan fingerprint density at radius 2 is 1.87 bits per heavy atom. The molecule has 3 amide bonds. The molecule has 0 aliphatic carbocycles. The number of aryl methyl sites for hydroxylation is 1. The lowest BCUT2D eigenvalue weighted by Gasteiger charge is -2.29. The highest BCUT2D eigenvalue weighted by molar-refractivity contribution is 6.37. The lowest BCUT2D eigenvalue weighted by Crippen LogP contribution is -2.45. The second-order valence-electron chi connectivity index (χ2n) is 5.27. The first-order valence-corrected chi connectivity index (χ1v) is 7.97. The number of carbonyl (C=O) groups is 2. The van der Waals surface area contributed by atoms with Gasteiger partial charge in [-0.2, -0.15) is 0 Å². The van der Waals surface area contributed by atoms with Crippen molar-refractivity contribution in [3.63, 3.8) is 0 Å². The third-order valence-corrected chi connectivity index (χ3v) is 4.30. The number of para-hydroxylation sites is 1. The number of amides is 3. The minimum Gasteiger partial charge on any atom is -0.294 e. The van der Waals surface area contributed by atoms with E-state index in [9.17, 15) is 9.59 Å². The first-order valence-electron chi connectivity index (χ1n) is 7.22. The topological polar surface area (TPSA) is 49.4 Å². The van der Waals surface area contributed by atoms with Crippen LogP contribution in [-0.2, 0) is 6.42 Å². The van der Waals surface area contributed by atoms with E-state index in [4.69, 9.17) is 23.2 Å². The molecule has 3 rings (SSSR count). The van der Waals surface area contributed by atoms with Crippen LogP contribution >= 0.6 is 23.2 Å². The monoisotopic (exact) mass is 348 g/mol. The number of nitrogens with zero attached hydrogens (tertiary/aromatic N) is 1. The summed E-state index contributed by atoms with van der Waals surface area (Å²) < 4.78 is 0. The molecule has 1 aliphatic rings. The Morgan fingerprint density at radius 1 is 1.09 bits per heavy atom. The highest BCUT2D eigenvalue weighted by atomic mass is 35.5. The first kappa shape index (κ1) is 15.8. The molecule has 6 heteroatoms. The molecule has 4 nitrogen and oxygen atoms in total. The third kappa shape index (κ3) is 3.33. The van der Waals surface area contributed by atoms with Gasteiger partial charge in [0, 0.05) is 17.3 Å². The van der Waals surface area contributed by atoms with Crippen LogP contribution in [0.4, 0.5) is 10.5 Å². The van der Waals surface area contributed by atoms with Gasteiger partial charge in [0.25, 0.3) is 5.91 Å². The average Bonchev–Trinajstić information content (AvgIpc) is 2.54. The van der Waals surface area contributed by atoms with Crippen molar-refractivity contribution in [2.45, 2.75) is 12.8 Å². The summed E-state index contributed by atoms with van der Waals surface area (Å²) in [7, 11) is 0. The third-order valence-electron chi connectivity index (χ3n) is 3.75. The lowest BCUT2D eigenvalue weighted by atomic mass is 10.0. The molecule has 0 spiro atoms. The number of hydrogen-bond acceptors (Lipinski definition) is 2. The maximum absolute atomic E-state index is 12.4. The number of hydrogen-bond donors (Lipinski definition) is 1. The van der Waals surface area contributed by atoms with Gasteiger partial charge in [-0.15, -0.1) is 0 Å². The van der Waals surface area contributed by atoms with E-state index in [0.29, 0.717) is 11.6 Å². The fourth-order valence-corrected chi connectivity index (χ4v) is 3.14. The number of rotatable bonds is 1. The Morgan fingerprint density at radius 3 is 2.65 bits per heavy atom. The Kier molecular flexibility index (Phi) is 4.55. The van der Waals surface area contributed by atoms with Crippen molar-refractivity contribution in [1.29, 1.82) is 0 Å². The van der Waals surface area contributed by atoms with Gasteiger partial charge in [-0.25, -0.2) is 4.79 Å². The predicted octanol–water partition coefficient (Wildman–Crippen LogP) is 4.30. The fraction of sp³-hybridized carbons (Fsp3) is 0.176. The van der Waals surface area contributed by atoms with Gasteiger partial charge in [0.05, 0.1) is 10.6 Å². The highest BCUT2D eigenvalue weighted by Gasteiger charge is 2.24. The predicted molar refractivity (Wildman–Crippen MR) is 91.4 cm³/mol. The maximum Gasteiger partial charge on any atom is 0.328 e. The van der Waals surface area contributed by atoms with Crippen molar-refractivity contribution in [2.24, 2.45) is 0 Å². The van der Waals surface area contributed by atoms with Crippen molar-refractivity contribution < 1.29 is 9.59 Å². The molecule has 1 heterocycles. The van der Waals surface area contributed by atoms with Gasteiger partial charge in [0.1, 0.15) is 0 Å². The molecule has 23 heavy (non-hydrogen) atoms. The van der Waals surface area contributed by atoms with Crippen LogP contribution < -0.4 is 10.2 Å². The smallest absolute Gasteiger partial charge is 0.294 e. The molecule has 0 fully saturated rings. The van der Waals surface area contributed by atoms with Crippen LogP contribution in [0.1, 0.15) is 22.3 Å². The summed E-state index contributed by atoms with van der Waals surface area (Å²) in [5.74, 6) is -0.542. The largest absolute Gasteiger partial charge is 0.328 e. The number of urea groups is 1. The van der Waals surface area contributed by atoms with E-state index in [0.717, 1.165) is 24.1 Å². The van der Waals surface area contributed by atoms with Gasteiger partial charge < -0.3 is 0 Å². The molecule has 1 aliphatic heterocycles. The second kappa shape index (κ2) is 6.60. The average molecular weight is 349 g/mol. The standard InChI is InChI=1S/C17H14Cl2N2O2/c18-12-7-8-13(14(19)10-12)16(22)20-17(23)21-9-3-5-11-4-1-2-6-15(11)21/h1-2,4,6-8,10H,3,5,9H2,(H,20,22,23). The number of nitrogens with one attached hydrogen (secondary N) is 1. The summed E-state index contributed by atoms with van der Waals surface area (Å²) in [4.78, 5) is 26.3. The molecule has 0 atom stereocenters. The van der Waals surface area contributed by atoms with Crippen molar-refractivity contribution in [2.75, 3.05) is 11.4 Å². The SMILES string of the molecule is O=C(NC(=O)N1CCCc2ccccc21)c1ccc(Cl)cc1Cl. The van der Waals surface area contributed by atoms with E-state index in [1.54, 1.807) is 11.0 Å². The van der Waals surface area contributed by atoms with Crippen LogP contribution in [-0.4, -0.2) is 18.5 Å². The van der Waals surface area contributed by atoms with Crippen molar-refractivity contribution >= 4 is 40.8 Å². The molecule has 1 N–H and O–H groups in total. The first-order chi connectivity index (χ1) is 11.1. The minimum atomic E-state index is -0.542. The molecule has 0 saturated carbocycles. The summed E-state index contributed by atoms with van der Waals surface area (Å²) >= 11 is 11.8. The minimum absolute atomic E-state index is 0.210. The fourth-order valence-electron chi connectivity index (χ4n) is 2.65. The summed E-state index contributed by atoms with van der Waals surface area (Å²) in [5, 5.41) is 3.03. The molecule has 0 saturated heterocycles. The highest BCUT2D eigenvalue weighted by Crippen LogP contribution is 2.27. The van der Waals surface area contributed by atoms with Crippen LogP contribution in [0.25, 0.3) is 0 Å². The van der Waals surface area contributed by atoms with Crippen LogP contribution in [0.3, 0.4) is 0 Å².